The molecule has 2 aromatic rings. The largest absolute Gasteiger partial charge is 0.325 e. The van der Waals surface area contributed by atoms with Crippen molar-refractivity contribution in [3.8, 4) is 0 Å². The van der Waals surface area contributed by atoms with Crippen LogP contribution in [-0.2, 0) is 6.54 Å². The molecule has 0 radical (unpaired) electrons. The number of nitrogens with zero attached hydrogens (tertiary/aromatic N) is 2. The highest BCUT2D eigenvalue weighted by molar-refractivity contribution is 5.83. The van der Waals surface area contributed by atoms with Crippen LogP contribution in [0.4, 0.5) is 0 Å². The molecular formula is C9H9N3. The molecular weight excluding hydrogens is 150 g/mol. The molecule has 0 atom stereocenters. The zero-order valence-electron chi connectivity index (χ0n) is 6.57. The predicted molar refractivity (Wildman–Crippen MR) is 47.4 cm³/mol. The third kappa shape index (κ3) is 1.04. The Morgan fingerprint density at radius 2 is 2.08 bits per heavy atom. The molecule has 0 aliphatic heterocycles. The van der Waals surface area contributed by atoms with E-state index in [-0.39, 0.29) is 0 Å². The third-order valence-electron chi connectivity index (χ3n) is 1.84. The van der Waals surface area contributed by atoms with Gasteiger partial charge in [-0.25, -0.2) is 0 Å². The first-order valence-electron chi connectivity index (χ1n) is 3.81. The molecule has 0 fully saturated rings. The minimum absolute atomic E-state index is 0.439. The highest BCUT2D eigenvalue weighted by Crippen LogP contribution is 2.13. The quantitative estimate of drug-likeness (QED) is 0.677. The molecule has 60 valence electrons. The van der Waals surface area contributed by atoms with Crippen molar-refractivity contribution in [3.63, 3.8) is 0 Å². The van der Waals surface area contributed by atoms with Crippen molar-refractivity contribution in [1.29, 1.82) is 0 Å². The molecule has 12 heavy (non-hydrogen) atoms. The summed E-state index contributed by atoms with van der Waals surface area (Å²) in [7, 11) is 0. The minimum Gasteiger partial charge on any atom is -0.325 e. The Kier molecular flexibility index (Phi) is 1.72. The minimum atomic E-state index is 0.439. The van der Waals surface area contributed by atoms with Crippen LogP contribution in [0, 0.1) is 0 Å². The zero-order chi connectivity index (χ0) is 8.39. The van der Waals surface area contributed by atoms with Gasteiger partial charge in [0.1, 0.15) is 0 Å². The number of nitrogens with two attached hydrogens (primary N) is 1. The summed E-state index contributed by atoms with van der Waals surface area (Å²) in [6, 6.07) is 7.96. The van der Waals surface area contributed by atoms with Crippen LogP contribution in [0.1, 0.15) is 5.69 Å². The number of hydrogen-bond acceptors (Lipinski definition) is 3. The molecule has 2 N–H and O–H groups in total. The SMILES string of the molecule is NCc1nncc2ccccc12. The summed E-state index contributed by atoms with van der Waals surface area (Å²) in [6.45, 7) is 0.439. The maximum Gasteiger partial charge on any atom is 0.0844 e. The second kappa shape index (κ2) is 2.87. The van der Waals surface area contributed by atoms with E-state index in [2.05, 4.69) is 10.2 Å². The molecule has 0 bridgehead atoms. The van der Waals surface area contributed by atoms with E-state index in [4.69, 9.17) is 5.73 Å². The van der Waals surface area contributed by atoms with Crippen LogP contribution in [0.25, 0.3) is 10.8 Å². The van der Waals surface area contributed by atoms with Crippen LogP contribution >= 0.6 is 0 Å². The van der Waals surface area contributed by atoms with Gasteiger partial charge in [-0.1, -0.05) is 24.3 Å². The van der Waals surface area contributed by atoms with Gasteiger partial charge < -0.3 is 5.73 Å². The highest BCUT2D eigenvalue weighted by Gasteiger charge is 1.98. The van der Waals surface area contributed by atoms with Gasteiger partial charge in [-0.05, 0) is 0 Å². The molecule has 1 aromatic heterocycles. The van der Waals surface area contributed by atoms with Gasteiger partial charge in [-0.15, -0.1) is 0 Å². The summed E-state index contributed by atoms with van der Waals surface area (Å²) in [5, 5.41) is 9.99. The van der Waals surface area contributed by atoms with E-state index in [1.807, 2.05) is 24.3 Å². The zero-order valence-corrected chi connectivity index (χ0v) is 6.57. The lowest BCUT2D eigenvalue weighted by Crippen LogP contribution is -2.01. The van der Waals surface area contributed by atoms with Crippen LogP contribution in [0.2, 0.25) is 0 Å². The lowest BCUT2D eigenvalue weighted by Gasteiger charge is -1.99. The first-order valence-corrected chi connectivity index (χ1v) is 3.81. The van der Waals surface area contributed by atoms with Gasteiger partial charge in [0.05, 0.1) is 11.9 Å². The fraction of sp³-hybridized carbons (Fsp3) is 0.111. The molecule has 3 heteroatoms. The first kappa shape index (κ1) is 7.18. The van der Waals surface area contributed by atoms with Crippen LogP contribution in [0.5, 0.6) is 0 Å². The molecule has 0 spiro atoms. The van der Waals surface area contributed by atoms with Crippen molar-refractivity contribution in [2.24, 2.45) is 5.73 Å². The number of aromatic nitrogens is 2. The molecule has 0 saturated carbocycles. The second-order valence-corrected chi connectivity index (χ2v) is 2.58. The van der Waals surface area contributed by atoms with Crippen molar-refractivity contribution in [3.05, 3.63) is 36.2 Å². The molecule has 1 aromatic carbocycles. The summed E-state index contributed by atoms with van der Waals surface area (Å²) >= 11 is 0. The average molecular weight is 159 g/mol. The Morgan fingerprint density at radius 1 is 1.25 bits per heavy atom. The first-order chi connectivity index (χ1) is 5.92. The maximum atomic E-state index is 5.51. The Bertz CT molecular complexity index is 392. The van der Waals surface area contributed by atoms with Crippen molar-refractivity contribution in [2.45, 2.75) is 6.54 Å². The molecule has 2 rings (SSSR count). The van der Waals surface area contributed by atoms with Gasteiger partial charge in [-0.2, -0.15) is 10.2 Å². The van der Waals surface area contributed by atoms with E-state index < -0.39 is 0 Å². The fourth-order valence-corrected chi connectivity index (χ4v) is 1.24. The van der Waals surface area contributed by atoms with Gasteiger partial charge in [0.2, 0.25) is 0 Å². The molecule has 3 nitrogen and oxygen atoms in total. The van der Waals surface area contributed by atoms with Crippen LogP contribution in [0.3, 0.4) is 0 Å². The topological polar surface area (TPSA) is 51.8 Å². The van der Waals surface area contributed by atoms with E-state index in [9.17, 15) is 0 Å². The summed E-state index contributed by atoms with van der Waals surface area (Å²) in [6.07, 6.45) is 1.74. The van der Waals surface area contributed by atoms with Crippen LogP contribution < -0.4 is 5.73 Å². The molecule has 0 unspecified atom stereocenters. The number of fused-ring (bicyclic) bond motifs is 1. The average Bonchev–Trinajstić information content (AvgIpc) is 2.17. The number of hydrogen-bond donors (Lipinski definition) is 1. The van der Waals surface area contributed by atoms with Gasteiger partial charge >= 0.3 is 0 Å². The lowest BCUT2D eigenvalue weighted by atomic mass is 10.1. The maximum absolute atomic E-state index is 5.51. The smallest absolute Gasteiger partial charge is 0.0844 e. The Morgan fingerprint density at radius 3 is 2.92 bits per heavy atom. The number of benzene rings is 1. The number of rotatable bonds is 1. The molecule has 0 aliphatic rings. The fourth-order valence-electron chi connectivity index (χ4n) is 1.24. The lowest BCUT2D eigenvalue weighted by molar-refractivity contribution is 0.918. The highest BCUT2D eigenvalue weighted by atomic mass is 15.1. The molecule has 1 heterocycles. The summed E-state index contributed by atoms with van der Waals surface area (Å²) in [5.74, 6) is 0. The summed E-state index contributed by atoms with van der Waals surface area (Å²) in [4.78, 5) is 0. The molecule has 0 aliphatic carbocycles. The van der Waals surface area contributed by atoms with Crippen molar-refractivity contribution in [1.82, 2.24) is 10.2 Å². The molecule has 0 amide bonds. The van der Waals surface area contributed by atoms with E-state index >= 15 is 0 Å². The Labute approximate surface area is 70.2 Å². The van der Waals surface area contributed by atoms with Crippen molar-refractivity contribution < 1.29 is 0 Å². The monoisotopic (exact) mass is 159 g/mol. The molecule has 0 saturated heterocycles. The predicted octanol–water partition coefficient (Wildman–Crippen LogP) is 1.09. The van der Waals surface area contributed by atoms with E-state index in [1.54, 1.807) is 6.20 Å². The van der Waals surface area contributed by atoms with E-state index in [1.165, 1.54) is 0 Å². The van der Waals surface area contributed by atoms with Gasteiger partial charge in [0.15, 0.2) is 0 Å². The van der Waals surface area contributed by atoms with E-state index in [0.717, 1.165) is 16.5 Å². The summed E-state index contributed by atoms with van der Waals surface area (Å²) < 4.78 is 0. The Balaban J connectivity index is 2.79. The van der Waals surface area contributed by atoms with Crippen LogP contribution in [-0.4, -0.2) is 10.2 Å². The van der Waals surface area contributed by atoms with Crippen molar-refractivity contribution in [2.75, 3.05) is 0 Å². The third-order valence-corrected chi connectivity index (χ3v) is 1.84. The van der Waals surface area contributed by atoms with Gasteiger partial charge in [0, 0.05) is 17.3 Å². The Hall–Kier alpha value is -1.48. The van der Waals surface area contributed by atoms with Gasteiger partial charge in [0.25, 0.3) is 0 Å². The second-order valence-electron chi connectivity index (χ2n) is 2.58. The summed E-state index contributed by atoms with van der Waals surface area (Å²) in [5.41, 5.74) is 6.37. The van der Waals surface area contributed by atoms with Crippen LogP contribution in [0.15, 0.2) is 30.5 Å². The standard InChI is InChI=1S/C9H9N3/c10-5-9-8-4-2-1-3-7(8)6-11-12-9/h1-4,6H,5,10H2. The van der Waals surface area contributed by atoms with E-state index in [0.29, 0.717) is 6.54 Å². The van der Waals surface area contributed by atoms with Crippen molar-refractivity contribution >= 4 is 10.8 Å². The van der Waals surface area contributed by atoms with Gasteiger partial charge in [-0.3, -0.25) is 0 Å². The normalized spacial score (nSPS) is 10.4.